The Kier molecular flexibility index (Phi) is 3.91. The van der Waals surface area contributed by atoms with Crippen molar-refractivity contribution in [3.8, 4) is 0 Å². The van der Waals surface area contributed by atoms with Crippen LogP contribution in [0.25, 0.3) is 0 Å². The first-order valence-corrected chi connectivity index (χ1v) is 6.24. The molecule has 3 nitrogen and oxygen atoms in total. The molecule has 0 spiro atoms. The van der Waals surface area contributed by atoms with Gasteiger partial charge in [0.05, 0.1) is 0 Å². The Morgan fingerprint density at radius 1 is 1.00 bits per heavy atom. The molecule has 2 aromatic rings. The van der Waals surface area contributed by atoms with Gasteiger partial charge in [0.2, 0.25) is 5.60 Å². The fourth-order valence-electron chi connectivity index (χ4n) is 2.07. The van der Waals surface area contributed by atoms with Gasteiger partial charge >= 0.3 is 6.18 Å². The van der Waals surface area contributed by atoms with Crippen molar-refractivity contribution in [1.29, 1.82) is 0 Å². The number of pyridine rings is 1. The minimum absolute atomic E-state index is 0.242. The van der Waals surface area contributed by atoms with Crippen LogP contribution in [0.4, 0.5) is 18.9 Å². The minimum Gasteiger partial charge on any atom is -0.378 e. The molecule has 0 radical (unpaired) electrons. The topological polar surface area (TPSA) is 36.4 Å². The van der Waals surface area contributed by atoms with Crippen molar-refractivity contribution >= 4 is 5.69 Å². The van der Waals surface area contributed by atoms with E-state index in [1.807, 2.05) is 0 Å². The molecule has 112 valence electrons. The molecule has 1 aromatic carbocycles. The molecule has 0 aliphatic carbocycles. The summed E-state index contributed by atoms with van der Waals surface area (Å²) in [5.74, 6) is 0. The highest BCUT2D eigenvalue weighted by Crippen LogP contribution is 2.44. The normalized spacial score (nSPS) is 14.6. The fraction of sp³-hybridized carbons (Fsp3) is 0.267. The average molecular weight is 296 g/mol. The largest absolute Gasteiger partial charge is 0.425 e. The molecular weight excluding hydrogens is 281 g/mol. The maximum Gasteiger partial charge on any atom is 0.425 e. The summed E-state index contributed by atoms with van der Waals surface area (Å²) >= 11 is 0. The Labute approximate surface area is 120 Å². The standard InChI is InChI=1S/C15H15F3N2O/c1-20(2)13-7-5-11(6-8-13)14(21,15(16,17)18)12-4-3-9-19-10-12/h3-10,21H,1-2H3. The molecule has 1 heterocycles. The van der Waals surface area contributed by atoms with E-state index in [9.17, 15) is 18.3 Å². The first kappa shape index (κ1) is 15.3. The zero-order valence-electron chi connectivity index (χ0n) is 11.6. The molecule has 0 bridgehead atoms. The first-order chi connectivity index (χ1) is 9.76. The Morgan fingerprint density at radius 2 is 1.62 bits per heavy atom. The van der Waals surface area contributed by atoms with Crippen LogP contribution in [0.1, 0.15) is 11.1 Å². The van der Waals surface area contributed by atoms with E-state index in [0.29, 0.717) is 0 Å². The number of anilines is 1. The molecule has 0 aliphatic heterocycles. The molecule has 1 atom stereocenters. The van der Waals surface area contributed by atoms with E-state index in [2.05, 4.69) is 4.98 Å². The first-order valence-electron chi connectivity index (χ1n) is 6.24. The second-order valence-electron chi connectivity index (χ2n) is 4.89. The van der Waals surface area contributed by atoms with Gasteiger partial charge in [-0.3, -0.25) is 4.98 Å². The van der Waals surface area contributed by atoms with E-state index >= 15 is 0 Å². The number of nitrogens with zero attached hydrogens (tertiary/aromatic N) is 2. The molecule has 1 N–H and O–H groups in total. The number of hydrogen-bond acceptors (Lipinski definition) is 3. The summed E-state index contributed by atoms with van der Waals surface area (Å²) in [4.78, 5) is 5.43. The fourth-order valence-corrected chi connectivity index (χ4v) is 2.07. The predicted octanol–water partition coefficient (Wildman–Crippen LogP) is 2.95. The highest BCUT2D eigenvalue weighted by Gasteiger charge is 2.56. The molecule has 0 amide bonds. The number of rotatable bonds is 3. The number of benzene rings is 1. The SMILES string of the molecule is CN(C)c1ccc(C(O)(c2cccnc2)C(F)(F)F)cc1. The zero-order chi connectivity index (χ0) is 15.7. The van der Waals surface area contributed by atoms with E-state index in [1.54, 1.807) is 19.0 Å². The van der Waals surface area contributed by atoms with Crippen LogP contribution in [0.5, 0.6) is 0 Å². The monoisotopic (exact) mass is 296 g/mol. The Hall–Kier alpha value is -2.08. The number of halogens is 3. The predicted molar refractivity (Wildman–Crippen MR) is 74.1 cm³/mol. The van der Waals surface area contributed by atoms with Crippen molar-refractivity contribution in [3.63, 3.8) is 0 Å². The Morgan fingerprint density at radius 3 is 2.05 bits per heavy atom. The lowest BCUT2D eigenvalue weighted by Gasteiger charge is -2.31. The molecule has 1 unspecified atom stereocenters. The highest BCUT2D eigenvalue weighted by atomic mass is 19.4. The van der Waals surface area contributed by atoms with Gasteiger partial charge in [0.1, 0.15) is 0 Å². The van der Waals surface area contributed by atoms with Gasteiger partial charge in [-0.05, 0) is 23.8 Å². The molecule has 6 heteroatoms. The van der Waals surface area contributed by atoms with E-state index in [4.69, 9.17) is 0 Å². The van der Waals surface area contributed by atoms with Crippen LogP contribution in [-0.2, 0) is 5.60 Å². The molecule has 1 aromatic heterocycles. The van der Waals surface area contributed by atoms with Crippen LogP contribution in [0.3, 0.4) is 0 Å². The van der Waals surface area contributed by atoms with Gasteiger partial charge in [0.25, 0.3) is 0 Å². The van der Waals surface area contributed by atoms with Crippen LogP contribution < -0.4 is 4.90 Å². The third-order valence-corrected chi connectivity index (χ3v) is 3.29. The number of alkyl halides is 3. The average Bonchev–Trinajstić information content (AvgIpc) is 2.46. The van der Waals surface area contributed by atoms with E-state index in [1.165, 1.54) is 42.6 Å². The van der Waals surface area contributed by atoms with Crippen molar-refractivity contribution in [2.75, 3.05) is 19.0 Å². The van der Waals surface area contributed by atoms with Gasteiger partial charge < -0.3 is 10.0 Å². The van der Waals surface area contributed by atoms with Crippen molar-refractivity contribution in [2.24, 2.45) is 0 Å². The maximum atomic E-state index is 13.4. The highest BCUT2D eigenvalue weighted by molar-refractivity contribution is 5.49. The van der Waals surface area contributed by atoms with Crippen LogP contribution in [0.2, 0.25) is 0 Å². The molecular formula is C15H15F3N2O. The lowest BCUT2D eigenvalue weighted by atomic mass is 9.86. The van der Waals surface area contributed by atoms with Gasteiger partial charge in [-0.1, -0.05) is 18.2 Å². The summed E-state index contributed by atoms with van der Waals surface area (Å²) in [7, 11) is 3.57. The van der Waals surface area contributed by atoms with Crippen LogP contribution in [0, 0.1) is 0 Å². The van der Waals surface area contributed by atoms with Crippen molar-refractivity contribution < 1.29 is 18.3 Å². The zero-order valence-corrected chi connectivity index (χ0v) is 11.6. The van der Waals surface area contributed by atoms with Gasteiger partial charge in [0, 0.05) is 37.7 Å². The quantitative estimate of drug-likeness (QED) is 0.946. The summed E-state index contributed by atoms with van der Waals surface area (Å²) in [5, 5.41) is 10.3. The Balaban J connectivity index is 2.56. The van der Waals surface area contributed by atoms with E-state index < -0.39 is 11.8 Å². The molecule has 0 saturated heterocycles. The third-order valence-electron chi connectivity index (χ3n) is 3.29. The summed E-state index contributed by atoms with van der Waals surface area (Å²) in [6, 6.07) is 8.18. The second kappa shape index (κ2) is 5.37. The number of hydrogen-bond donors (Lipinski definition) is 1. The minimum atomic E-state index is -4.85. The van der Waals surface area contributed by atoms with Crippen LogP contribution in [-0.4, -0.2) is 30.4 Å². The molecule has 0 aliphatic rings. The van der Waals surface area contributed by atoms with Crippen molar-refractivity contribution in [2.45, 2.75) is 11.8 Å². The summed E-state index contributed by atoms with van der Waals surface area (Å²) in [6.07, 6.45) is -2.47. The van der Waals surface area contributed by atoms with Crippen molar-refractivity contribution in [3.05, 3.63) is 59.9 Å². The van der Waals surface area contributed by atoms with E-state index in [0.717, 1.165) is 11.9 Å². The van der Waals surface area contributed by atoms with Crippen molar-refractivity contribution in [1.82, 2.24) is 4.98 Å². The second-order valence-corrected chi connectivity index (χ2v) is 4.89. The Bertz CT molecular complexity index is 597. The van der Waals surface area contributed by atoms with E-state index in [-0.39, 0.29) is 11.1 Å². The molecule has 2 rings (SSSR count). The smallest absolute Gasteiger partial charge is 0.378 e. The summed E-state index contributed by atoms with van der Waals surface area (Å²) in [6.45, 7) is 0. The summed E-state index contributed by atoms with van der Waals surface area (Å²) < 4.78 is 40.3. The van der Waals surface area contributed by atoms with Gasteiger partial charge in [-0.25, -0.2) is 0 Å². The summed E-state index contributed by atoms with van der Waals surface area (Å²) in [5.41, 5.74) is -2.88. The molecule has 0 fully saturated rings. The van der Waals surface area contributed by atoms with Crippen LogP contribution >= 0.6 is 0 Å². The maximum absolute atomic E-state index is 13.4. The molecule has 0 saturated carbocycles. The number of aromatic nitrogens is 1. The third kappa shape index (κ3) is 2.71. The van der Waals surface area contributed by atoms with Gasteiger partial charge in [-0.15, -0.1) is 0 Å². The lowest BCUT2D eigenvalue weighted by Crippen LogP contribution is -2.43. The van der Waals surface area contributed by atoms with Gasteiger partial charge in [-0.2, -0.15) is 13.2 Å². The molecule has 21 heavy (non-hydrogen) atoms. The lowest BCUT2D eigenvalue weighted by molar-refractivity contribution is -0.248. The van der Waals surface area contributed by atoms with Crippen LogP contribution in [0.15, 0.2) is 48.8 Å². The van der Waals surface area contributed by atoms with Gasteiger partial charge in [0.15, 0.2) is 0 Å². The number of aliphatic hydroxyl groups is 1.